The zero-order valence-electron chi connectivity index (χ0n) is 6.08. The molecule has 2 N–H and O–H groups in total. The fraction of sp³-hybridized carbons (Fsp3) is 0.111. The zero-order chi connectivity index (χ0) is 6.97. The summed E-state index contributed by atoms with van der Waals surface area (Å²) in [6, 6.07) is 8.29. The van der Waals surface area contributed by atoms with Crippen LogP contribution in [-0.4, -0.2) is 0 Å². The predicted octanol–water partition coefficient (Wildman–Crippen LogP) is 1.96. The van der Waals surface area contributed by atoms with Crippen LogP contribution in [0, 0.1) is 0 Å². The van der Waals surface area contributed by atoms with Crippen molar-refractivity contribution in [3.05, 3.63) is 41.1 Å². The van der Waals surface area contributed by atoms with Gasteiger partial charge in [-0.1, -0.05) is 24.3 Å². The molecule has 0 saturated carbocycles. The van der Waals surface area contributed by atoms with Crippen molar-refractivity contribution in [1.82, 2.24) is 0 Å². The smallest absolute Gasteiger partial charge is 0.0131 e. The van der Waals surface area contributed by atoms with Gasteiger partial charge in [0.25, 0.3) is 0 Å². The van der Waals surface area contributed by atoms with Gasteiger partial charge in [0.05, 0.1) is 0 Å². The molecule has 0 aromatic heterocycles. The highest BCUT2D eigenvalue weighted by Crippen LogP contribution is 2.20. The van der Waals surface area contributed by atoms with Gasteiger partial charge in [-0.25, -0.2) is 0 Å². The molecule has 1 aromatic carbocycles. The minimum absolute atomic E-state index is 0. The van der Waals surface area contributed by atoms with Gasteiger partial charge < -0.3 is 5.73 Å². The average molecular weight is 168 g/mol. The van der Waals surface area contributed by atoms with Crippen LogP contribution in [0.25, 0.3) is 6.08 Å². The molecule has 0 amide bonds. The molecule has 1 nitrogen and oxygen atoms in total. The van der Waals surface area contributed by atoms with Crippen LogP contribution < -0.4 is 5.73 Å². The van der Waals surface area contributed by atoms with E-state index >= 15 is 0 Å². The highest BCUT2D eigenvalue weighted by molar-refractivity contribution is 5.85. The number of halogens is 1. The molecule has 1 aromatic rings. The summed E-state index contributed by atoms with van der Waals surface area (Å²) in [5.41, 5.74) is 9.24. The summed E-state index contributed by atoms with van der Waals surface area (Å²) in [7, 11) is 0. The monoisotopic (exact) mass is 167 g/mol. The van der Waals surface area contributed by atoms with Crippen LogP contribution in [0.5, 0.6) is 0 Å². The number of allylic oxidation sites excluding steroid dienone is 1. The van der Waals surface area contributed by atoms with Crippen LogP contribution in [0.4, 0.5) is 0 Å². The van der Waals surface area contributed by atoms with Crippen LogP contribution >= 0.6 is 12.4 Å². The van der Waals surface area contributed by atoms with Crippen molar-refractivity contribution in [1.29, 1.82) is 0 Å². The van der Waals surface area contributed by atoms with Gasteiger partial charge in [-0.15, -0.1) is 12.4 Å². The van der Waals surface area contributed by atoms with Crippen LogP contribution in [0.1, 0.15) is 11.1 Å². The molecule has 0 aliphatic heterocycles. The lowest BCUT2D eigenvalue weighted by Crippen LogP contribution is -1.94. The number of hydrogen-bond acceptors (Lipinski definition) is 1. The lowest BCUT2D eigenvalue weighted by molar-refractivity contribution is 1.16. The van der Waals surface area contributed by atoms with Crippen molar-refractivity contribution in [2.75, 3.05) is 0 Å². The maximum atomic E-state index is 5.65. The maximum Gasteiger partial charge on any atom is 0.0131 e. The van der Waals surface area contributed by atoms with Crippen molar-refractivity contribution in [2.24, 2.45) is 5.73 Å². The summed E-state index contributed by atoms with van der Waals surface area (Å²) in [5, 5.41) is 0. The Balaban J connectivity index is 0.000000605. The van der Waals surface area contributed by atoms with Gasteiger partial charge in [0.2, 0.25) is 0 Å². The molecule has 0 spiro atoms. The molecule has 2 rings (SSSR count). The van der Waals surface area contributed by atoms with Crippen molar-refractivity contribution in [2.45, 2.75) is 6.42 Å². The summed E-state index contributed by atoms with van der Waals surface area (Å²) in [6.07, 6.45) is 2.96. The van der Waals surface area contributed by atoms with E-state index in [-0.39, 0.29) is 12.4 Å². The molecule has 0 saturated heterocycles. The van der Waals surface area contributed by atoms with Crippen LogP contribution in [0.3, 0.4) is 0 Å². The Morgan fingerprint density at radius 2 is 1.91 bits per heavy atom. The molecule has 2 heteroatoms. The highest BCUT2D eigenvalue weighted by atomic mass is 35.5. The average Bonchev–Trinajstić information content (AvgIpc) is 2.27. The first-order chi connectivity index (χ1) is 4.86. The minimum atomic E-state index is 0. The van der Waals surface area contributed by atoms with E-state index in [0.29, 0.717) is 0 Å². The van der Waals surface area contributed by atoms with Crippen LogP contribution in [0.15, 0.2) is 30.0 Å². The van der Waals surface area contributed by atoms with Gasteiger partial charge in [-0.3, -0.25) is 0 Å². The number of nitrogens with two attached hydrogens (primary N) is 1. The van der Waals surface area contributed by atoms with Gasteiger partial charge in [0.15, 0.2) is 0 Å². The zero-order valence-corrected chi connectivity index (χ0v) is 6.90. The van der Waals surface area contributed by atoms with E-state index in [1.807, 2.05) is 18.2 Å². The van der Waals surface area contributed by atoms with Gasteiger partial charge in [-0.05, 0) is 17.2 Å². The molecule has 1 aliphatic carbocycles. The van der Waals surface area contributed by atoms with E-state index < -0.39 is 0 Å². The molecule has 11 heavy (non-hydrogen) atoms. The summed E-state index contributed by atoms with van der Waals surface area (Å²) >= 11 is 0. The molecule has 0 radical (unpaired) electrons. The Labute approximate surface area is 72.3 Å². The van der Waals surface area contributed by atoms with Gasteiger partial charge in [-0.2, -0.15) is 0 Å². The second-order valence-corrected chi connectivity index (χ2v) is 2.59. The fourth-order valence-corrected chi connectivity index (χ4v) is 1.31. The highest BCUT2D eigenvalue weighted by Gasteiger charge is 2.07. The second kappa shape index (κ2) is 2.97. The van der Waals surface area contributed by atoms with E-state index in [4.69, 9.17) is 5.73 Å². The Kier molecular flexibility index (Phi) is 2.20. The van der Waals surface area contributed by atoms with Crippen LogP contribution in [0.2, 0.25) is 0 Å². The fourth-order valence-electron chi connectivity index (χ4n) is 1.31. The van der Waals surface area contributed by atoms with Gasteiger partial charge in [0.1, 0.15) is 0 Å². The Morgan fingerprint density at radius 3 is 2.64 bits per heavy atom. The molecule has 58 valence electrons. The minimum Gasteiger partial charge on any atom is -0.402 e. The number of fused-ring (bicyclic) bond motifs is 1. The van der Waals surface area contributed by atoms with E-state index in [1.165, 1.54) is 11.1 Å². The van der Waals surface area contributed by atoms with E-state index in [1.54, 1.807) is 0 Å². The first-order valence-corrected chi connectivity index (χ1v) is 3.40. The first kappa shape index (κ1) is 8.15. The molecule has 0 heterocycles. The van der Waals surface area contributed by atoms with Crippen molar-refractivity contribution in [3.63, 3.8) is 0 Å². The van der Waals surface area contributed by atoms with Gasteiger partial charge in [0, 0.05) is 12.1 Å². The quantitative estimate of drug-likeness (QED) is 0.628. The van der Waals surface area contributed by atoms with Crippen molar-refractivity contribution in [3.8, 4) is 0 Å². The summed E-state index contributed by atoms with van der Waals surface area (Å²) < 4.78 is 0. The molecular weight excluding hydrogens is 158 g/mol. The van der Waals surface area contributed by atoms with E-state index in [2.05, 4.69) is 12.1 Å². The number of rotatable bonds is 0. The summed E-state index contributed by atoms with van der Waals surface area (Å²) in [5.74, 6) is 0. The maximum absolute atomic E-state index is 5.65. The van der Waals surface area contributed by atoms with Crippen LogP contribution in [-0.2, 0) is 6.42 Å². The molecular formula is C9H10ClN. The largest absolute Gasteiger partial charge is 0.402 e. The van der Waals surface area contributed by atoms with Gasteiger partial charge >= 0.3 is 0 Å². The Hall–Kier alpha value is -0.950. The third kappa shape index (κ3) is 1.38. The third-order valence-electron chi connectivity index (χ3n) is 1.79. The van der Waals surface area contributed by atoms with Crippen molar-refractivity contribution >= 4 is 18.5 Å². The Morgan fingerprint density at radius 1 is 1.18 bits per heavy atom. The standard InChI is InChI=1S/C9H9N.ClH/c10-9-5-7-3-1-2-4-8(7)6-9;/h1-5H,6,10H2;1H. The molecule has 0 fully saturated rings. The second-order valence-electron chi connectivity index (χ2n) is 2.59. The topological polar surface area (TPSA) is 26.0 Å². The first-order valence-electron chi connectivity index (χ1n) is 3.40. The molecule has 0 bridgehead atoms. The van der Waals surface area contributed by atoms with E-state index in [0.717, 1.165) is 12.1 Å². The number of benzene rings is 1. The number of hydrogen-bond donors (Lipinski definition) is 1. The third-order valence-corrected chi connectivity index (χ3v) is 1.79. The predicted molar refractivity (Wildman–Crippen MR) is 49.6 cm³/mol. The Bertz CT molecular complexity index is 291. The molecule has 1 aliphatic rings. The SMILES string of the molecule is Cl.NC1=Cc2ccccc2C1. The lowest BCUT2D eigenvalue weighted by atomic mass is 10.1. The van der Waals surface area contributed by atoms with Crippen molar-refractivity contribution < 1.29 is 0 Å². The van der Waals surface area contributed by atoms with E-state index in [9.17, 15) is 0 Å². The lowest BCUT2D eigenvalue weighted by Gasteiger charge is -1.93. The molecule has 0 unspecified atom stereocenters. The summed E-state index contributed by atoms with van der Waals surface area (Å²) in [6.45, 7) is 0. The summed E-state index contributed by atoms with van der Waals surface area (Å²) in [4.78, 5) is 0. The normalized spacial score (nSPS) is 13.3. The molecule has 0 atom stereocenters.